The topological polar surface area (TPSA) is 133 Å². The van der Waals surface area contributed by atoms with E-state index in [9.17, 15) is 14.9 Å². The van der Waals surface area contributed by atoms with Crippen molar-refractivity contribution in [2.75, 3.05) is 0 Å². The molecular weight excluding hydrogens is 400 g/mol. The van der Waals surface area contributed by atoms with Gasteiger partial charge in [0.1, 0.15) is 6.54 Å². The summed E-state index contributed by atoms with van der Waals surface area (Å²) < 4.78 is 1.78. The SMILES string of the molecule is O=C(Cn1nnc(-c2ccccc2)n1)NN=Cc1cccn1-c1ccc([N+](=O)[O-])cc1. The number of amides is 1. The van der Waals surface area contributed by atoms with Crippen LogP contribution in [-0.2, 0) is 11.3 Å². The van der Waals surface area contributed by atoms with Crippen molar-refractivity contribution in [2.45, 2.75) is 6.54 Å². The molecule has 154 valence electrons. The number of nitrogens with zero attached hydrogens (tertiary/aromatic N) is 7. The van der Waals surface area contributed by atoms with E-state index in [-0.39, 0.29) is 12.2 Å². The molecule has 0 aliphatic heterocycles. The van der Waals surface area contributed by atoms with Gasteiger partial charge in [-0.15, -0.1) is 10.2 Å². The second-order valence-electron chi connectivity index (χ2n) is 6.38. The first kappa shape index (κ1) is 19.6. The van der Waals surface area contributed by atoms with Gasteiger partial charge in [0.25, 0.3) is 11.6 Å². The Morgan fingerprint density at radius 1 is 1.10 bits per heavy atom. The third-order valence-electron chi connectivity index (χ3n) is 4.27. The lowest BCUT2D eigenvalue weighted by molar-refractivity contribution is -0.384. The van der Waals surface area contributed by atoms with Crippen LogP contribution in [0.5, 0.6) is 0 Å². The number of benzene rings is 2. The zero-order chi connectivity index (χ0) is 21.6. The number of hydrogen-bond acceptors (Lipinski definition) is 7. The van der Waals surface area contributed by atoms with Crippen LogP contribution in [0.15, 0.2) is 78.0 Å². The zero-order valence-electron chi connectivity index (χ0n) is 16.1. The van der Waals surface area contributed by atoms with Crippen molar-refractivity contribution in [1.82, 2.24) is 30.2 Å². The number of rotatable bonds is 7. The van der Waals surface area contributed by atoms with E-state index in [1.54, 1.807) is 35.0 Å². The van der Waals surface area contributed by atoms with E-state index in [1.807, 2.05) is 30.3 Å². The summed E-state index contributed by atoms with van der Waals surface area (Å²) in [5.41, 5.74) is 4.64. The van der Waals surface area contributed by atoms with Gasteiger partial charge in [0.2, 0.25) is 5.82 Å². The fraction of sp³-hybridized carbons (Fsp3) is 0.0500. The molecule has 4 aromatic rings. The van der Waals surface area contributed by atoms with Crippen LogP contribution in [0.4, 0.5) is 5.69 Å². The lowest BCUT2D eigenvalue weighted by Crippen LogP contribution is -2.24. The molecule has 0 aliphatic rings. The van der Waals surface area contributed by atoms with Crippen molar-refractivity contribution in [3.8, 4) is 17.1 Å². The number of nitrogens with one attached hydrogen (secondary N) is 1. The molecule has 0 spiro atoms. The predicted molar refractivity (Wildman–Crippen MR) is 111 cm³/mol. The second kappa shape index (κ2) is 8.78. The van der Waals surface area contributed by atoms with Gasteiger partial charge in [-0.2, -0.15) is 9.90 Å². The average Bonchev–Trinajstić information content (AvgIpc) is 3.44. The van der Waals surface area contributed by atoms with Crippen LogP contribution in [-0.4, -0.2) is 41.8 Å². The lowest BCUT2D eigenvalue weighted by atomic mass is 10.2. The molecular formula is C20H16N8O3. The number of non-ortho nitro benzene ring substituents is 1. The second-order valence-corrected chi connectivity index (χ2v) is 6.38. The molecule has 0 saturated carbocycles. The van der Waals surface area contributed by atoms with Crippen molar-refractivity contribution in [2.24, 2.45) is 5.10 Å². The minimum Gasteiger partial charge on any atom is -0.316 e. The Morgan fingerprint density at radius 3 is 2.61 bits per heavy atom. The number of nitro groups is 1. The summed E-state index contributed by atoms with van der Waals surface area (Å²) in [6, 6.07) is 19.0. The van der Waals surface area contributed by atoms with E-state index in [0.29, 0.717) is 11.5 Å². The highest BCUT2D eigenvalue weighted by Gasteiger charge is 2.09. The summed E-state index contributed by atoms with van der Waals surface area (Å²) in [6.45, 7) is -0.138. The summed E-state index contributed by atoms with van der Waals surface area (Å²) in [5, 5.41) is 26.8. The van der Waals surface area contributed by atoms with Gasteiger partial charge in [0.05, 0.1) is 16.8 Å². The first-order valence-electron chi connectivity index (χ1n) is 9.17. The van der Waals surface area contributed by atoms with Gasteiger partial charge in [-0.25, -0.2) is 5.43 Å². The van der Waals surface area contributed by atoms with Crippen molar-refractivity contribution in [3.63, 3.8) is 0 Å². The number of carbonyl (C=O) groups is 1. The lowest BCUT2D eigenvalue weighted by Gasteiger charge is -2.05. The fourth-order valence-corrected chi connectivity index (χ4v) is 2.82. The molecule has 0 saturated heterocycles. The zero-order valence-corrected chi connectivity index (χ0v) is 16.1. The Labute approximate surface area is 175 Å². The predicted octanol–water partition coefficient (Wildman–Crippen LogP) is 2.19. The molecule has 2 aromatic carbocycles. The van der Waals surface area contributed by atoms with E-state index in [2.05, 4.69) is 25.9 Å². The molecule has 0 aliphatic carbocycles. The Balaban J connectivity index is 1.37. The Hall–Kier alpha value is -4.67. The van der Waals surface area contributed by atoms with Crippen molar-refractivity contribution in [3.05, 3.63) is 88.7 Å². The molecule has 0 atom stereocenters. The normalized spacial score (nSPS) is 11.0. The van der Waals surface area contributed by atoms with E-state index >= 15 is 0 Å². The Kier molecular flexibility index (Phi) is 5.56. The van der Waals surface area contributed by atoms with Gasteiger partial charge in [0, 0.05) is 29.6 Å². The van der Waals surface area contributed by atoms with Crippen molar-refractivity contribution in [1.29, 1.82) is 0 Å². The van der Waals surface area contributed by atoms with Crippen LogP contribution >= 0.6 is 0 Å². The molecule has 11 nitrogen and oxygen atoms in total. The molecule has 4 rings (SSSR count). The van der Waals surface area contributed by atoms with E-state index in [0.717, 1.165) is 11.3 Å². The highest BCUT2D eigenvalue weighted by atomic mass is 16.6. The number of carbonyl (C=O) groups excluding carboxylic acids is 1. The number of tetrazole rings is 1. The first-order valence-corrected chi connectivity index (χ1v) is 9.17. The van der Waals surface area contributed by atoms with Crippen LogP contribution in [0.2, 0.25) is 0 Å². The Morgan fingerprint density at radius 2 is 1.87 bits per heavy atom. The number of hydrogen-bond donors (Lipinski definition) is 1. The maximum atomic E-state index is 12.1. The maximum absolute atomic E-state index is 12.1. The standard InChI is InChI=1S/C20H16N8O3/c29-19(14-27-24-20(23-25-27)15-5-2-1-3-6-15)22-21-13-18-7-4-12-26(18)16-8-10-17(11-9-16)28(30)31/h1-13H,14H2,(H,22,29). The van der Waals surface area contributed by atoms with Gasteiger partial charge >= 0.3 is 0 Å². The number of hydrazone groups is 1. The number of aromatic nitrogens is 5. The molecule has 2 aromatic heterocycles. The summed E-state index contributed by atoms with van der Waals surface area (Å²) in [5.74, 6) is 0.0135. The third kappa shape index (κ3) is 4.67. The van der Waals surface area contributed by atoms with Crippen LogP contribution in [0, 0.1) is 10.1 Å². The van der Waals surface area contributed by atoms with Crippen molar-refractivity contribution < 1.29 is 9.72 Å². The minimum absolute atomic E-state index is 0.00975. The quantitative estimate of drug-likeness (QED) is 0.279. The monoisotopic (exact) mass is 416 g/mol. The van der Waals surface area contributed by atoms with Gasteiger partial charge in [-0.3, -0.25) is 14.9 Å². The highest BCUT2D eigenvalue weighted by molar-refractivity contribution is 5.81. The molecule has 1 amide bonds. The smallest absolute Gasteiger partial charge is 0.269 e. The van der Waals surface area contributed by atoms with Crippen LogP contribution in [0.3, 0.4) is 0 Å². The molecule has 31 heavy (non-hydrogen) atoms. The molecule has 0 unspecified atom stereocenters. The van der Waals surface area contributed by atoms with Crippen LogP contribution in [0.1, 0.15) is 5.69 Å². The first-order chi connectivity index (χ1) is 15.1. The summed E-state index contributed by atoms with van der Waals surface area (Å²) in [6.07, 6.45) is 3.26. The molecule has 2 heterocycles. The fourth-order valence-electron chi connectivity index (χ4n) is 2.82. The maximum Gasteiger partial charge on any atom is 0.269 e. The molecule has 11 heteroatoms. The van der Waals surface area contributed by atoms with E-state index < -0.39 is 10.8 Å². The minimum atomic E-state index is -0.454. The van der Waals surface area contributed by atoms with Crippen LogP contribution in [0.25, 0.3) is 17.1 Å². The number of nitro benzene ring substituents is 1. The summed E-state index contributed by atoms with van der Waals surface area (Å²) in [7, 11) is 0. The van der Waals surface area contributed by atoms with Gasteiger partial charge < -0.3 is 4.57 Å². The van der Waals surface area contributed by atoms with E-state index in [4.69, 9.17) is 0 Å². The molecule has 0 bridgehead atoms. The largest absolute Gasteiger partial charge is 0.316 e. The molecule has 0 radical (unpaired) electrons. The summed E-state index contributed by atoms with van der Waals surface area (Å²) >= 11 is 0. The average molecular weight is 416 g/mol. The van der Waals surface area contributed by atoms with Crippen LogP contribution < -0.4 is 5.43 Å². The van der Waals surface area contributed by atoms with Gasteiger partial charge in [-0.05, 0) is 29.5 Å². The Bertz CT molecular complexity index is 1230. The molecule has 1 N–H and O–H groups in total. The van der Waals surface area contributed by atoms with Gasteiger partial charge in [-0.1, -0.05) is 30.3 Å². The van der Waals surface area contributed by atoms with Crippen molar-refractivity contribution >= 4 is 17.8 Å². The highest BCUT2D eigenvalue weighted by Crippen LogP contribution is 2.17. The molecule has 0 fully saturated rings. The van der Waals surface area contributed by atoms with Gasteiger partial charge in [0.15, 0.2) is 0 Å². The third-order valence-corrected chi connectivity index (χ3v) is 4.27. The summed E-state index contributed by atoms with van der Waals surface area (Å²) in [4.78, 5) is 23.7. The van der Waals surface area contributed by atoms with E-state index in [1.165, 1.54) is 23.1 Å².